The van der Waals surface area contributed by atoms with Crippen LogP contribution in [0.1, 0.15) is 16.7 Å². The molecule has 3 aromatic rings. The number of benzene rings is 2. The van der Waals surface area contributed by atoms with Crippen LogP contribution >= 0.6 is 0 Å². The standard InChI is InChI=1S/C22H24N4O/c1-27-20-8-6-17(7-9-20)10-12-23-21-14-22(25-16-24-21)26-13-11-18-4-2-3-5-19(18)15-26/h2-9,14,16H,10-13,15H2,1H3,(H,23,24,25). The van der Waals surface area contributed by atoms with Gasteiger partial charge in [-0.1, -0.05) is 36.4 Å². The van der Waals surface area contributed by atoms with Gasteiger partial charge in [-0.3, -0.25) is 0 Å². The molecule has 5 nitrogen and oxygen atoms in total. The number of rotatable bonds is 6. The summed E-state index contributed by atoms with van der Waals surface area (Å²) in [6.45, 7) is 2.71. The van der Waals surface area contributed by atoms with E-state index in [2.05, 4.69) is 56.6 Å². The molecule has 0 amide bonds. The molecule has 4 rings (SSSR count). The van der Waals surface area contributed by atoms with Crippen molar-refractivity contribution in [1.29, 1.82) is 0 Å². The van der Waals surface area contributed by atoms with Gasteiger partial charge in [0, 0.05) is 25.7 Å². The summed E-state index contributed by atoms with van der Waals surface area (Å²) in [6, 6.07) is 18.9. The van der Waals surface area contributed by atoms with E-state index in [4.69, 9.17) is 4.74 Å². The average molecular weight is 360 g/mol. The molecule has 1 aliphatic heterocycles. The summed E-state index contributed by atoms with van der Waals surface area (Å²) in [4.78, 5) is 11.2. The summed E-state index contributed by atoms with van der Waals surface area (Å²) < 4.78 is 5.20. The van der Waals surface area contributed by atoms with Crippen molar-refractivity contribution in [2.75, 3.05) is 30.4 Å². The predicted molar refractivity (Wildman–Crippen MR) is 108 cm³/mol. The largest absolute Gasteiger partial charge is 0.497 e. The van der Waals surface area contributed by atoms with Crippen molar-refractivity contribution < 1.29 is 4.74 Å². The summed E-state index contributed by atoms with van der Waals surface area (Å²) in [5.74, 6) is 2.73. The van der Waals surface area contributed by atoms with Crippen molar-refractivity contribution in [2.24, 2.45) is 0 Å². The maximum Gasteiger partial charge on any atom is 0.134 e. The highest BCUT2D eigenvalue weighted by Gasteiger charge is 2.17. The van der Waals surface area contributed by atoms with Crippen molar-refractivity contribution in [3.05, 3.63) is 77.6 Å². The number of nitrogens with one attached hydrogen (secondary N) is 1. The van der Waals surface area contributed by atoms with Crippen molar-refractivity contribution in [2.45, 2.75) is 19.4 Å². The van der Waals surface area contributed by atoms with Crippen LogP contribution in [0, 0.1) is 0 Å². The van der Waals surface area contributed by atoms with Crippen LogP contribution in [0.5, 0.6) is 5.75 Å². The van der Waals surface area contributed by atoms with E-state index in [-0.39, 0.29) is 0 Å². The van der Waals surface area contributed by atoms with Crippen LogP contribution in [0.2, 0.25) is 0 Å². The first-order valence-electron chi connectivity index (χ1n) is 9.32. The Morgan fingerprint density at radius 1 is 1.04 bits per heavy atom. The molecule has 0 fully saturated rings. The van der Waals surface area contributed by atoms with E-state index < -0.39 is 0 Å². The lowest BCUT2D eigenvalue weighted by molar-refractivity contribution is 0.414. The lowest BCUT2D eigenvalue weighted by atomic mass is 10.00. The van der Waals surface area contributed by atoms with Crippen LogP contribution in [0.15, 0.2) is 60.9 Å². The van der Waals surface area contributed by atoms with Gasteiger partial charge in [-0.05, 0) is 41.7 Å². The first-order chi connectivity index (χ1) is 13.3. The molecule has 0 unspecified atom stereocenters. The van der Waals surface area contributed by atoms with Gasteiger partial charge in [-0.15, -0.1) is 0 Å². The first-order valence-corrected chi connectivity index (χ1v) is 9.32. The SMILES string of the molecule is COc1ccc(CCNc2cc(N3CCc4ccccc4C3)ncn2)cc1. The Bertz CT molecular complexity index is 895. The van der Waals surface area contributed by atoms with E-state index in [1.165, 1.54) is 16.7 Å². The van der Waals surface area contributed by atoms with Gasteiger partial charge in [0.2, 0.25) is 0 Å². The van der Waals surface area contributed by atoms with E-state index in [0.717, 1.165) is 49.9 Å². The fourth-order valence-corrected chi connectivity index (χ4v) is 3.44. The molecule has 0 saturated heterocycles. The molecule has 0 radical (unpaired) electrons. The summed E-state index contributed by atoms with van der Waals surface area (Å²) in [5, 5.41) is 3.41. The number of anilines is 2. The number of hydrogen-bond acceptors (Lipinski definition) is 5. The number of nitrogens with zero attached hydrogens (tertiary/aromatic N) is 3. The molecule has 0 spiro atoms. The van der Waals surface area contributed by atoms with E-state index >= 15 is 0 Å². The molecule has 27 heavy (non-hydrogen) atoms. The van der Waals surface area contributed by atoms with Crippen LogP contribution in [0.3, 0.4) is 0 Å². The number of fused-ring (bicyclic) bond motifs is 1. The molecule has 5 heteroatoms. The summed E-state index contributed by atoms with van der Waals surface area (Å²) in [6.07, 6.45) is 3.63. The normalized spacial score (nSPS) is 13.1. The molecule has 0 atom stereocenters. The molecule has 0 bridgehead atoms. The monoisotopic (exact) mass is 360 g/mol. The molecule has 1 aliphatic rings. The van der Waals surface area contributed by atoms with Gasteiger partial charge < -0.3 is 15.0 Å². The highest BCUT2D eigenvalue weighted by Crippen LogP contribution is 2.23. The maximum absolute atomic E-state index is 5.20. The molecular formula is C22H24N4O. The lowest BCUT2D eigenvalue weighted by Gasteiger charge is -2.29. The van der Waals surface area contributed by atoms with Gasteiger partial charge >= 0.3 is 0 Å². The van der Waals surface area contributed by atoms with Gasteiger partial charge in [0.1, 0.15) is 23.7 Å². The first kappa shape index (κ1) is 17.3. The number of methoxy groups -OCH3 is 1. The Hall–Kier alpha value is -3.08. The molecule has 0 saturated carbocycles. The number of hydrogen-bond donors (Lipinski definition) is 1. The Morgan fingerprint density at radius 2 is 1.85 bits per heavy atom. The fraction of sp³-hybridized carbons (Fsp3) is 0.273. The third kappa shape index (κ3) is 4.19. The zero-order chi connectivity index (χ0) is 18.5. The zero-order valence-corrected chi connectivity index (χ0v) is 15.6. The fourth-order valence-electron chi connectivity index (χ4n) is 3.44. The van der Waals surface area contributed by atoms with E-state index in [0.29, 0.717) is 0 Å². The molecule has 1 N–H and O–H groups in total. The lowest BCUT2D eigenvalue weighted by Crippen LogP contribution is -2.31. The summed E-state index contributed by atoms with van der Waals surface area (Å²) in [7, 11) is 1.68. The molecule has 1 aromatic heterocycles. The summed E-state index contributed by atoms with van der Waals surface area (Å²) >= 11 is 0. The third-order valence-electron chi connectivity index (χ3n) is 4.99. The van der Waals surface area contributed by atoms with Crippen molar-refractivity contribution in [1.82, 2.24) is 9.97 Å². The predicted octanol–water partition coefficient (Wildman–Crippen LogP) is 3.70. The molecule has 2 aromatic carbocycles. The quantitative estimate of drug-likeness (QED) is 0.726. The minimum Gasteiger partial charge on any atom is -0.497 e. The molecular weight excluding hydrogens is 336 g/mol. The average Bonchev–Trinajstić information content (AvgIpc) is 2.74. The van der Waals surface area contributed by atoms with E-state index in [1.807, 2.05) is 18.2 Å². The van der Waals surface area contributed by atoms with Crippen molar-refractivity contribution >= 4 is 11.6 Å². The topological polar surface area (TPSA) is 50.3 Å². The van der Waals surface area contributed by atoms with Gasteiger partial charge in [0.15, 0.2) is 0 Å². The van der Waals surface area contributed by atoms with Crippen LogP contribution in [0.4, 0.5) is 11.6 Å². The van der Waals surface area contributed by atoms with Crippen LogP contribution < -0.4 is 15.0 Å². The smallest absolute Gasteiger partial charge is 0.134 e. The summed E-state index contributed by atoms with van der Waals surface area (Å²) in [5.41, 5.74) is 4.10. The van der Waals surface area contributed by atoms with Crippen LogP contribution in [0.25, 0.3) is 0 Å². The minimum atomic E-state index is 0.825. The second kappa shape index (κ2) is 8.08. The van der Waals surface area contributed by atoms with Crippen molar-refractivity contribution in [3.63, 3.8) is 0 Å². The van der Waals surface area contributed by atoms with Crippen LogP contribution in [-0.4, -0.2) is 30.2 Å². The third-order valence-corrected chi connectivity index (χ3v) is 4.99. The number of ether oxygens (including phenoxy) is 1. The second-order valence-electron chi connectivity index (χ2n) is 6.73. The Labute approximate surface area is 160 Å². The van der Waals surface area contributed by atoms with Gasteiger partial charge in [-0.2, -0.15) is 0 Å². The van der Waals surface area contributed by atoms with Gasteiger partial charge in [0.05, 0.1) is 7.11 Å². The molecule has 2 heterocycles. The zero-order valence-electron chi connectivity index (χ0n) is 15.6. The highest BCUT2D eigenvalue weighted by atomic mass is 16.5. The Kier molecular flexibility index (Phi) is 5.19. The molecule has 0 aliphatic carbocycles. The highest BCUT2D eigenvalue weighted by molar-refractivity contribution is 5.50. The second-order valence-corrected chi connectivity index (χ2v) is 6.73. The van der Waals surface area contributed by atoms with E-state index in [1.54, 1.807) is 13.4 Å². The maximum atomic E-state index is 5.20. The Morgan fingerprint density at radius 3 is 2.67 bits per heavy atom. The van der Waals surface area contributed by atoms with E-state index in [9.17, 15) is 0 Å². The number of aromatic nitrogens is 2. The Balaban J connectivity index is 1.36. The van der Waals surface area contributed by atoms with Gasteiger partial charge in [-0.25, -0.2) is 9.97 Å². The van der Waals surface area contributed by atoms with Gasteiger partial charge in [0.25, 0.3) is 0 Å². The minimum absolute atomic E-state index is 0.825. The van der Waals surface area contributed by atoms with Crippen molar-refractivity contribution in [3.8, 4) is 5.75 Å². The van der Waals surface area contributed by atoms with Crippen LogP contribution in [-0.2, 0) is 19.4 Å². The molecule has 138 valence electrons.